The summed E-state index contributed by atoms with van der Waals surface area (Å²) in [6.07, 6.45) is -18.9. The topological polar surface area (TPSA) is 325 Å². The quantitative estimate of drug-likeness (QED) is 0.0494. The molecule has 3 heterocycles. The minimum Gasteiger partial charge on any atom is -0.507 e. The Morgan fingerprint density at radius 1 is 0.755 bits per heavy atom. The number of aromatic hydroxyl groups is 4. The molecule has 0 spiro atoms. The van der Waals surface area contributed by atoms with Crippen LogP contribution >= 0.6 is 0 Å². The number of phenolic OH excluding ortho intramolecular Hbond substituents is 4. The van der Waals surface area contributed by atoms with Crippen LogP contribution in [-0.2, 0) is 23.8 Å². The van der Waals surface area contributed by atoms with Crippen LogP contribution in [0.4, 0.5) is 0 Å². The zero-order chi connectivity index (χ0) is 35.9. The largest absolute Gasteiger partial charge is 0.507 e. The van der Waals surface area contributed by atoms with Gasteiger partial charge in [0.15, 0.2) is 11.5 Å². The lowest BCUT2D eigenvalue weighted by Crippen LogP contribution is -2.60. The van der Waals surface area contributed by atoms with Gasteiger partial charge in [-0.05, 0) is 12.1 Å². The first kappa shape index (κ1) is 35.7. The Hall–Kier alpha value is -4.57. The summed E-state index contributed by atoms with van der Waals surface area (Å²) in [5.41, 5.74) is -0.850. The molecule has 1 aromatic heterocycles. The Morgan fingerprint density at radius 2 is 1.43 bits per heavy atom. The summed E-state index contributed by atoms with van der Waals surface area (Å²) < 4.78 is 27.8. The van der Waals surface area contributed by atoms with Crippen LogP contribution in [0.25, 0.3) is 22.3 Å². The van der Waals surface area contributed by atoms with E-state index in [4.69, 9.17) is 28.5 Å². The van der Waals surface area contributed by atoms with Gasteiger partial charge in [-0.25, -0.2) is 4.42 Å². The maximum Gasteiger partial charge on any atom is 0.402 e. The monoisotopic (exact) mass is 697 g/mol. The Kier molecular flexibility index (Phi) is 10.3. The molecule has 266 valence electrons. The molecule has 12 N–H and O–H groups in total. The molecule has 2 aliphatic rings. The highest BCUT2D eigenvalue weighted by atomic mass is 16.7. The van der Waals surface area contributed by atoms with Gasteiger partial charge >= 0.3 is 23.3 Å². The van der Waals surface area contributed by atoms with Crippen molar-refractivity contribution in [3.8, 4) is 40.1 Å². The van der Waals surface area contributed by atoms with Crippen molar-refractivity contribution in [2.45, 2.75) is 67.6 Å². The molecule has 0 saturated carbocycles. The fourth-order valence-corrected chi connectivity index (χ4v) is 5.46. The fourth-order valence-electron chi connectivity index (χ4n) is 5.46. The number of carbonyl (C=O) groups excluding carboxylic acids is 1. The standard InChI is InChI=1S/C30H32O19/c31-7-16-21(39)23(41)25(43)29(46-16)20-14(35)5-12(33)10-4-15(27(49-28(10)20)9-1-2-11(32)13(34)3-9)47-30-26(44)24(42)22(40)17(48-30)8-45-19(38)6-18(36)37/h1-5,16-17,21-26,29-31,39-44H,6-8H2,(H4-,32,33,34,35,36,37)/p+1/t16-,17-,21+,22+,23-,24-,25+,26+,29-,30+/m0/s1. The molecule has 3 aromatic rings. The van der Waals surface area contributed by atoms with E-state index >= 15 is 0 Å². The third-order valence-electron chi connectivity index (χ3n) is 8.05. The SMILES string of the molecule is O=C(O)CC(=O)OC[C@@H]1O[C@@H](Oc2cc3c(O)cc(O)c([C@@H]4O[C@@H](CO)[C@@H](O)[C@H](O)[C@H]4O)c3[o+]c2-c2ccc(O)c(O)c2)[C@H](O)[C@@H](O)[C@@H]1O. The maximum absolute atomic E-state index is 11.7. The van der Waals surface area contributed by atoms with Gasteiger partial charge in [-0.15, -0.1) is 0 Å². The fraction of sp³-hybridized carbons (Fsp3) is 0.433. The molecule has 5 rings (SSSR count). The third kappa shape index (κ3) is 6.97. The summed E-state index contributed by atoms with van der Waals surface area (Å²) >= 11 is 0. The van der Waals surface area contributed by atoms with Gasteiger partial charge < -0.3 is 80.2 Å². The van der Waals surface area contributed by atoms with E-state index in [0.29, 0.717) is 0 Å². The maximum atomic E-state index is 11.7. The lowest BCUT2D eigenvalue weighted by molar-refractivity contribution is -0.278. The first-order valence-electron chi connectivity index (χ1n) is 14.5. The van der Waals surface area contributed by atoms with E-state index < -0.39 is 127 Å². The van der Waals surface area contributed by atoms with Crippen LogP contribution in [-0.4, -0.2) is 142 Å². The molecule has 49 heavy (non-hydrogen) atoms. The molecule has 0 radical (unpaired) electrons. The first-order chi connectivity index (χ1) is 23.1. The average molecular weight is 698 g/mol. The van der Waals surface area contributed by atoms with Gasteiger partial charge in [0.2, 0.25) is 12.0 Å². The molecule has 10 atom stereocenters. The number of aliphatic hydroxyl groups is 7. The van der Waals surface area contributed by atoms with Crippen molar-refractivity contribution >= 4 is 22.9 Å². The summed E-state index contributed by atoms with van der Waals surface area (Å²) in [6, 6.07) is 5.18. The van der Waals surface area contributed by atoms with Crippen molar-refractivity contribution in [2.75, 3.05) is 13.2 Å². The molecule has 2 aliphatic heterocycles. The van der Waals surface area contributed by atoms with Gasteiger partial charge in [0, 0.05) is 18.2 Å². The van der Waals surface area contributed by atoms with E-state index in [2.05, 4.69) is 0 Å². The zero-order valence-electron chi connectivity index (χ0n) is 25.0. The van der Waals surface area contributed by atoms with E-state index in [1.807, 2.05) is 0 Å². The molecular formula is C30H33O19+. The number of carboxylic acid groups (broad SMARTS) is 1. The van der Waals surface area contributed by atoms with E-state index in [9.17, 15) is 65.8 Å². The van der Waals surface area contributed by atoms with Crippen molar-refractivity contribution < 1.29 is 94.2 Å². The van der Waals surface area contributed by atoms with Crippen LogP contribution in [0.15, 0.2) is 34.7 Å². The molecule has 19 heteroatoms. The van der Waals surface area contributed by atoms with Crippen molar-refractivity contribution in [1.29, 1.82) is 0 Å². The summed E-state index contributed by atoms with van der Waals surface area (Å²) in [4.78, 5) is 22.5. The first-order valence-corrected chi connectivity index (χ1v) is 14.5. The Labute approximate surface area is 274 Å². The third-order valence-corrected chi connectivity index (χ3v) is 8.05. The van der Waals surface area contributed by atoms with Crippen LogP contribution in [0, 0.1) is 0 Å². The lowest BCUT2D eigenvalue weighted by Gasteiger charge is -2.40. The van der Waals surface area contributed by atoms with Gasteiger partial charge in [0.1, 0.15) is 90.4 Å². The number of carboxylic acids is 1. The number of aliphatic carboxylic acids is 1. The summed E-state index contributed by atoms with van der Waals surface area (Å²) in [5, 5.41) is 123. The van der Waals surface area contributed by atoms with E-state index in [1.165, 1.54) is 6.07 Å². The van der Waals surface area contributed by atoms with Crippen molar-refractivity contribution in [1.82, 2.24) is 0 Å². The van der Waals surface area contributed by atoms with Crippen molar-refractivity contribution in [3.05, 3.63) is 35.9 Å². The van der Waals surface area contributed by atoms with Crippen molar-refractivity contribution in [2.24, 2.45) is 0 Å². The van der Waals surface area contributed by atoms with Gasteiger partial charge in [0.25, 0.3) is 0 Å². The molecule has 0 amide bonds. The zero-order valence-corrected chi connectivity index (χ0v) is 25.0. The number of rotatable bonds is 9. The number of ether oxygens (including phenoxy) is 4. The Balaban J connectivity index is 1.61. The van der Waals surface area contributed by atoms with Crippen LogP contribution in [0.3, 0.4) is 0 Å². The Bertz CT molecular complexity index is 1710. The highest BCUT2D eigenvalue weighted by Crippen LogP contribution is 2.48. The van der Waals surface area contributed by atoms with Crippen LogP contribution in [0.5, 0.6) is 28.7 Å². The normalized spacial score (nSPS) is 30.2. The minimum absolute atomic E-state index is 0.0557. The van der Waals surface area contributed by atoms with Gasteiger partial charge in [-0.3, -0.25) is 9.59 Å². The number of esters is 1. The van der Waals surface area contributed by atoms with Crippen LogP contribution in [0.2, 0.25) is 0 Å². The van der Waals surface area contributed by atoms with Crippen LogP contribution < -0.4 is 4.74 Å². The summed E-state index contributed by atoms with van der Waals surface area (Å²) in [7, 11) is 0. The number of phenols is 4. The molecule has 2 aromatic carbocycles. The minimum atomic E-state index is -1.99. The Morgan fingerprint density at radius 3 is 2.08 bits per heavy atom. The molecule has 0 aliphatic carbocycles. The van der Waals surface area contributed by atoms with Crippen LogP contribution in [0.1, 0.15) is 18.1 Å². The highest BCUT2D eigenvalue weighted by Gasteiger charge is 2.49. The number of aliphatic hydroxyl groups excluding tert-OH is 7. The van der Waals surface area contributed by atoms with E-state index in [1.54, 1.807) is 0 Å². The van der Waals surface area contributed by atoms with E-state index in [0.717, 1.165) is 24.3 Å². The molecule has 0 bridgehead atoms. The molecule has 2 saturated heterocycles. The van der Waals surface area contributed by atoms with Gasteiger partial charge in [-0.1, -0.05) is 0 Å². The second kappa shape index (κ2) is 14.1. The van der Waals surface area contributed by atoms with Crippen molar-refractivity contribution in [3.63, 3.8) is 0 Å². The molecule has 2 fully saturated rings. The molecule has 19 nitrogen and oxygen atoms in total. The average Bonchev–Trinajstić information content (AvgIpc) is 3.05. The lowest BCUT2D eigenvalue weighted by atomic mass is 9.89. The smallest absolute Gasteiger partial charge is 0.402 e. The second-order valence-electron chi connectivity index (χ2n) is 11.4. The van der Waals surface area contributed by atoms with Gasteiger partial charge in [0.05, 0.1) is 12.2 Å². The predicted molar refractivity (Wildman–Crippen MR) is 156 cm³/mol. The summed E-state index contributed by atoms with van der Waals surface area (Å²) in [5.74, 6) is -6.06. The second-order valence-corrected chi connectivity index (χ2v) is 11.4. The highest BCUT2D eigenvalue weighted by molar-refractivity contribution is 5.92. The van der Waals surface area contributed by atoms with E-state index in [-0.39, 0.29) is 22.3 Å². The number of hydrogen-bond donors (Lipinski definition) is 12. The number of carbonyl (C=O) groups is 2. The predicted octanol–water partition coefficient (Wildman–Crippen LogP) is -2.08. The molecular weight excluding hydrogens is 664 g/mol. The number of hydrogen-bond acceptors (Lipinski definition) is 17. The summed E-state index contributed by atoms with van der Waals surface area (Å²) in [6.45, 7) is -1.59. The molecule has 0 unspecified atom stereocenters. The number of benzene rings is 2. The van der Waals surface area contributed by atoms with Gasteiger partial charge in [-0.2, -0.15) is 0 Å². The number of fused-ring (bicyclic) bond motifs is 1.